The maximum Gasteiger partial charge on any atom is 0.240 e. The van der Waals surface area contributed by atoms with Gasteiger partial charge in [-0.15, -0.1) is 0 Å². The molecule has 1 aromatic heterocycles. The fourth-order valence-electron chi connectivity index (χ4n) is 2.65. The summed E-state index contributed by atoms with van der Waals surface area (Å²) < 4.78 is 5.22. The number of nitrogens with zero attached hydrogens (tertiary/aromatic N) is 1. The predicted octanol–water partition coefficient (Wildman–Crippen LogP) is 2.80. The first-order valence-corrected chi connectivity index (χ1v) is 6.99. The highest BCUT2D eigenvalue weighted by Gasteiger charge is 2.38. The van der Waals surface area contributed by atoms with Crippen molar-refractivity contribution < 1.29 is 9.21 Å². The van der Waals surface area contributed by atoms with Crippen LogP contribution in [0.15, 0.2) is 22.8 Å². The number of nitriles is 1. The van der Waals surface area contributed by atoms with Crippen LogP contribution in [0.2, 0.25) is 0 Å². The number of nitrogens with one attached hydrogen (secondary N) is 1. The molecule has 1 saturated carbocycles. The fourth-order valence-corrected chi connectivity index (χ4v) is 2.65. The summed E-state index contributed by atoms with van der Waals surface area (Å²) in [6.07, 6.45) is 7.87. The van der Waals surface area contributed by atoms with E-state index in [-0.39, 0.29) is 5.91 Å². The molecule has 102 valence electrons. The predicted molar refractivity (Wildman–Crippen MR) is 71.2 cm³/mol. The highest BCUT2D eigenvalue weighted by atomic mass is 16.3. The molecule has 0 bridgehead atoms. The van der Waals surface area contributed by atoms with Gasteiger partial charge in [-0.25, -0.2) is 0 Å². The standard InChI is InChI=1S/C15H20N2O2/c16-12-15(8-3-1-2-4-9-15)14(18)17-10-7-13-6-5-11-19-13/h5-6,11H,1-4,7-10H2,(H,17,18). The first kappa shape index (κ1) is 13.7. The Labute approximate surface area is 113 Å². The third kappa shape index (κ3) is 3.37. The van der Waals surface area contributed by atoms with Crippen molar-refractivity contribution in [2.45, 2.75) is 44.9 Å². The van der Waals surface area contributed by atoms with Crippen LogP contribution in [0, 0.1) is 16.7 Å². The minimum atomic E-state index is -0.806. The Balaban J connectivity index is 1.87. The summed E-state index contributed by atoms with van der Waals surface area (Å²) in [6.45, 7) is 0.524. The number of amides is 1. The molecule has 0 unspecified atom stereocenters. The summed E-state index contributed by atoms with van der Waals surface area (Å²) >= 11 is 0. The SMILES string of the molecule is N#CC1(C(=O)NCCc2ccco2)CCCCCC1. The minimum absolute atomic E-state index is 0.108. The Hall–Kier alpha value is -1.76. The van der Waals surface area contributed by atoms with E-state index >= 15 is 0 Å². The van der Waals surface area contributed by atoms with E-state index in [1.807, 2.05) is 12.1 Å². The van der Waals surface area contributed by atoms with E-state index in [9.17, 15) is 10.1 Å². The first-order chi connectivity index (χ1) is 9.27. The van der Waals surface area contributed by atoms with E-state index in [2.05, 4.69) is 11.4 Å². The molecule has 0 spiro atoms. The number of furan rings is 1. The highest BCUT2D eigenvalue weighted by molar-refractivity contribution is 5.85. The molecule has 1 aliphatic carbocycles. The van der Waals surface area contributed by atoms with Gasteiger partial charge in [0, 0.05) is 13.0 Å². The highest BCUT2D eigenvalue weighted by Crippen LogP contribution is 2.34. The number of hydrogen-bond donors (Lipinski definition) is 1. The van der Waals surface area contributed by atoms with E-state index in [1.165, 1.54) is 0 Å². The van der Waals surface area contributed by atoms with Crippen LogP contribution in [0.4, 0.5) is 0 Å². The van der Waals surface area contributed by atoms with Gasteiger partial charge in [-0.1, -0.05) is 25.7 Å². The molecular weight excluding hydrogens is 240 g/mol. The molecule has 1 heterocycles. The summed E-state index contributed by atoms with van der Waals surface area (Å²) in [5, 5.41) is 12.3. The average Bonchev–Trinajstić information content (AvgIpc) is 2.82. The maximum absolute atomic E-state index is 12.3. The lowest BCUT2D eigenvalue weighted by molar-refractivity contribution is -0.128. The van der Waals surface area contributed by atoms with Gasteiger partial charge in [0.15, 0.2) is 0 Å². The van der Waals surface area contributed by atoms with Gasteiger partial charge in [0.25, 0.3) is 0 Å². The Kier molecular flexibility index (Phi) is 4.62. The van der Waals surface area contributed by atoms with Gasteiger partial charge in [-0.2, -0.15) is 5.26 Å². The summed E-state index contributed by atoms with van der Waals surface area (Å²) in [5.74, 6) is 0.746. The summed E-state index contributed by atoms with van der Waals surface area (Å²) in [4.78, 5) is 12.3. The van der Waals surface area contributed by atoms with Crippen molar-refractivity contribution in [1.29, 1.82) is 5.26 Å². The third-order valence-electron chi connectivity index (χ3n) is 3.84. The largest absolute Gasteiger partial charge is 0.469 e. The summed E-state index contributed by atoms with van der Waals surface area (Å²) in [5.41, 5.74) is -0.806. The lowest BCUT2D eigenvalue weighted by Crippen LogP contribution is -2.40. The zero-order chi connectivity index (χ0) is 13.6. The van der Waals surface area contributed by atoms with Crippen molar-refractivity contribution in [2.75, 3.05) is 6.54 Å². The van der Waals surface area contributed by atoms with Crippen molar-refractivity contribution in [1.82, 2.24) is 5.32 Å². The normalized spacial score (nSPS) is 18.3. The number of rotatable bonds is 4. The molecule has 4 heteroatoms. The zero-order valence-corrected chi connectivity index (χ0v) is 11.2. The Morgan fingerprint density at radius 2 is 2.11 bits per heavy atom. The van der Waals surface area contributed by atoms with Crippen LogP contribution in [0.1, 0.15) is 44.3 Å². The summed E-state index contributed by atoms with van der Waals surface area (Å²) in [7, 11) is 0. The van der Waals surface area contributed by atoms with E-state index < -0.39 is 5.41 Å². The number of carbonyl (C=O) groups is 1. The van der Waals surface area contributed by atoms with Crippen molar-refractivity contribution >= 4 is 5.91 Å². The monoisotopic (exact) mass is 260 g/mol. The van der Waals surface area contributed by atoms with Crippen LogP contribution < -0.4 is 5.32 Å². The lowest BCUT2D eigenvalue weighted by Gasteiger charge is -2.23. The van der Waals surface area contributed by atoms with Gasteiger partial charge < -0.3 is 9.73 Å². The van der Waals surface area contributed by atoms with Crippen molar-refractivity contribution in [3.63, 3.8) is 0 Å². The van der Waals surface area contributed by atoms with Crippen LogP contribution in [0.5, 0.6) is 0 Å². The first-order valence-electron chi connectivity index (χ1n) is 6.99. The van der Waals surface area contributed by atoms with E-state index in [0.29, 0.717) is 25.8 Å². The third-order valence-corrected chi connectivity index (χ3v) is 3.84. The molecule has 1 aliphatic rings. The van der Waals surface area contributed by atoms with Gasteiger partial charge in [-0.05, 0) is 25.0 Å². The molecule has 4 nitrogen and oxygen atoms in total. The van der Waals surface area contributed by atoms with Crippen molar-refractivity contribution in [3.05, 3.63) is 24.2 Å². The molecule has 0 saturated heterocycles. The van der Waals surface area contributed by atoms with Gasteiger partial charge in [0.2, 0.25) is 5.91 Å². The van der Waals surface area contributed by atoms with E-state index in [4.69, 9.17) is 4.42 Å². The topological polar surface area (TPSA) is 66.0 Å². The van der Waals surface area contributed by atoms with E-state index in [0.717, 1.165) is 31.4 Å². The van der Waals surface area contributed by atoms with Gasteiger partial charge in [0.1, 0.15) is 11.2 Å². The molecule has 0 aromatic carbocycles. The van der Waals surface area contributed by atoms with E-state index in [1.54, 1.807) is 6.26 Å². The van der Waals surface area contributed by atoms with Crippen LogP contribution in [-0.2, 0) is 11.2 Å². The van der Waals surface area contributed by atoms with Crippen LogP contribution >= 0.6 is 0 Å². The molecular formula is C15H20N2O2. The minimum Gasteiger partial charge on any atom is -0.469 e. The van der Waals surface area contributed by atoms with Gasteiger partial charge >= 0.3 is 0 Å². The fraction of sp³-hybridized carbons (Fsp3) is 0.600. The van der Waals surface area contributed by atoms with Crippen LogP contribution in [-0.4, -0.2) is 12.5 Å². The number of hydrogen-bond acceptors (Lipinski definition) is 3. The van der Waals surface area contributed by atoms with Crippen LogP contribution in [0.3, 0.4) is 0 Å². The quantitative estimate of drug-likeness (QED) is 0.846. The van der Waals surface area contributed by atoms with Crippen LogP contribution in [0.25, 0.3) is 0 Å². The molecule has 0 atom stereocenters. The molecule has 1 amide bonds. The Morgan fingerprint density at radius 1 is 1.37 bits per heavy atom. The molecule has 19 heavy (non-hydrogen) atoms. The molecule has 0 aliphatic heterocycles. The zero-order valence-electron chi connectivity index (χ0n) is 11.2. The van der Waals surface area contributed by atoms with Gasteiger partial charge in [-0.3, -0.25) is 4.79 Å². The average molecular weight is 260 g/mol. The molecule has 0 radical (unpaired) electrons. The number of carbonyl (C=O) groups excluding carboxylic acids is 1. The second-order valence-corrected chi connectivity index (χ2v) is 5.19. The molecule has 1 fully saturated rings. The Morgan fingerprint density at radius 3 is 2.68 bits per heavy atom. The summed E-state index contributed by atoms with van der Waals surface area (Å²) in [6, 6.07) is 5.98. The van der Waals surface area contributed by atoms with Crippen molar-refractivity contribution in [3.8, 4) is 6.07 Å². The smallest absolute Gasteiger partial charge is 0.240 e. The molecule has 2 rings (SSSR count). The molecule has 1 aromatic rings. The molecule has 1 N–H and O–H groups in total. The second kappa shape index (κ2) is 6.42. The van der Waals surface area contributed by atoms with Gasteiger partial charge in [0.05, 0.1) is 12.3 Å². The maximum atomic E-state index is 12.3. The van der Waals surface area contributed by atoms with Crippen molar-refractivity contribution in [2.24, 2.45) is 5.41 Å². The Bertz CT molecular complexity index is 437. The second-order valence-electron chi connectivity index (χ2n) is 5.19. The lowest BCUT2D eigenvalue weighted by atomic mass is 9.81.